The number of unbranched alkanes of at least 4 members (excludes halogenated alkanes) is 11. The summed E-state index contributed by atoms with van der Waals surface area (Å²) < 4.78 is 28.4. The van der Waals surface area contributed by atoms with E-state index in [0.717, 1.165) is 12.8 Å². The SMILES string of the molecule is CCCCCCCCCCCCCC[C@@H](O[Si](C)(C)C(C)(C)C)[C@H](O[Si](C)(C)C(C)(C)C)[C@H](CO[Si](C)(C)C(C)(C)C)NC(=O)OCC1c2ccccc2-c2ccccc21. The molecule has 0 radical (unpaired) electrons. The van der Waals surface area contributed by atoms with Gasteiger partial charge in [0.1, 0.15) is 6.61 Å². The number of carbonyl (C=O) groups excluding carboxylic acids is 1. The van der Waals surface area contributed by atoms with E-state index in [4.69, 9.17) is 18.0 Å². The van der Waals surface area contributed by atoms with Crippen molar-refractivity contribution in [1.82, 2.24) is 5.32 Å². The number of carbonyl (C=O) groups is 1. The van der Waals surface area contributed by atoms with E-state index in [0.29, 0.717) is 6.61 Å². The summed E-state index contributed by atoms with van der Waals surface area (Å²) in [6.45, 7) is 37.5. The summed E-state index contributed by atoms with van der Waals surface area (Å²) in [6, 6.07) is 16.5. The van der Waals surface area contributed by atoms with Crippen LogP contribution in [-0.2, 0) is 18.0 Å². The Morgan fingerprint density at radius 2 is 1.02 bits per heavy atom. The smallest absolute Gasteiger partial charge is 0.407 e. The van der Waals surface area contributed by atoms with Crippen molar-refractivity contribution in [3.63, 3.8) is 0 Å². The molecule has 6 nitrogen and oxygen atoms in total. The summed E-state index contributed by atoms with van der Waals surface area (Å²) in [7, 11) is -6.87. The van der Waals surface area contributed by atoms with Gasteiger partial charge >= 0.3 is 6.09 Å². The Hall–Kier alpha value is -1.76. The number of hydrogen-bond acceptors (Lipinski definition) is 5. The van der Waals surface area contributed by atoms with Gasteiger partial charge in [0, 0.05) is 5.92 Å². The van der Waals surface area contributed by atoms with Crippen LogP contribution in [0.5, 0.6) is 0 Å². The van der Waals surface area contributed by atoms with Gasteiger partial charge in [-0.15, -0.1) is 0 Å². The normalized spacial score (nSPS) is 15.7. The molecule has 0 saturated heterocycles. The molecule has 60 heavy (non-hydrogen) atoms. The predicted octanol–water partition coefficient (Wildman–Crippen LogP) is 15.8. The Bertz CT molecular complexity index is 1540. The van der Waals surface area contributed by atoms with Crippen molar-refractivity contribution in [2.75, 3.05) is 13.2 Å². The molecule has 1 N–H and O–H groups in total. The molecule has 0 fully saturated rings. The Morgan fingerprint density at radius 1 is 0.600 bits per heavy atom. The quantitative estimate of drug-likeness (QED) is 0.0795. The standard InChI is InChI=1S/C51H91NO5Si3/c1-17-18-19-20-21-22-23-24-25-26-27-28-37-46(56-59(13,14)50(5,6)7)47(57-60(15,16)51(8,9)10)45(39-55-58(11,12)49(2,3)4)52-48(53)54-38-44-42-35-31-29-33-40(42)41-34-30-32-36-43(41)44/h29-36,44-47H,17-28,37-39H2,1-16H3,(H,52,53)/t45-,46+,47+/m0/s1. The van der Waals surface area contributed by atoms with Crippen molar-refractivity contribution >= 4 is 31.0 Å². The Labute approximate surface area is 372 Å². The van der Waals surface area contributed by atoms with Crippen molar-refractivity contribution in [3.05, 3.63) is 59.7 Å². The number of benzene rings is 2. The largest absolute Gasteiger partial charge is 0.449 e. The molecule has 2 aromatic rings. The van der Waals surface area contributed by atoms with Gasteiger partial charge in [0.25, 0.3) is 0 Å². The van der Waals surface area contributed by atoms with Gasteiger partial charge in [0.2, 0.25) is 0 Å². The molecule has 0 heterocycles. The predicted molar refractivity (Wildman–Crippen MR) is 265 cm³/mol. The second kappa shape index (κ2) is 22.7. The second-order valence-corrected chi connectivity index (χ2v) is 36.9. The van der Waals surface area contributed by atoms with E-state index in [1.54, 1.807) is 0 Å². The van der Waals surface area contributed by atoms with Crippen molar-refractivity contribution in [3.8, 4) is 11.1 Å². The van der Waals surface area contributed by atoms with Crippen LogP contribution in [-0.4, -0.2) is 62.5 Å². The van der Waals surface area contributed by atoms with Gasteiger partial charge in [0.05, 0.1) is 24.9 Å². The fourth-order valence-corrected chi connectivity index (χ4v) is 11.2. The van der Waals surface area contributed by atoms with Crippen LogP contribution in [0.1, 0.15) is 170 Å². The fourth-order valence-electron chi connectivity index (χ4n) is 7.49. The number of hydrogen-bond donors (Lipinski definition) is 1. The molecular formula is C51H91NO5Si3. The fraction of sp³-hybridized carbons (Fsp3) is 0.745. The first-order valence-electron chi connectivity index (χ1n) is 23.9. The molecule has 0 spiro atoms. The minimum atomic E-state index is -2.38. The third kappa shape index (κ3) is 15.2. The molecule has 0 aromatic heterocycles. The molecule has 342 valence electrons. The lowest BCUT2D eigenvalue weighted by Crippen LogP contribution is -2.61. The van der Waals surface area contributed by atoms with Crippen LogP contribution in [0.4, 0.5) is 4.79 Å². The molecular weight excluding hydrogens is 791 g/mol. The van der Waals surface area contributed by atoms with Gasteiger partial charge in [0.15, 0.2) is 25.0 Å². The van der Waals surface area contributed by atoms with E-state index in [2.05, 4.69) is 162 Å². The maximum atomic E-state index is 14.3. The third-order valence-corrected chi connectivity index (χ3v) is 28.2. The van der Waals surface area contributed by atoms with E-state index < -0.39 is 43.2 Å². The molecule has 9 heteroatoms. The summed E-state index contributed by atoms with van der Waals surface area (Å²) >= 11 is 0. The van der Waals surface area contributed by atoms with Gasteiger partial charge < -0.3 is 23.3 Å². The number of fused-ring (bicyclic) bond motifs is 3. The first kappa shape index (κ1) is 52.6. The molecule has 0 bridgehead atoms. The minimum Gasteiger partial charge on any atom is -0.449 e. The number of amides is 1. The van der Waals surface area contributed by atoms with E-state index in [1.807, 2.05) is 0 Å². The van der Waals surface area contributed by atoms with E-state index in [9.17, 15) is 4.79 Å². The summed E-state index contributed by atoms with van der Waals surface area (Å²) in [5.74, 6) is -0.0233. The van der Waals surface area contributed by atoms with Crippen LogP contribution in [0.15, 0.2) is 48.5 Å². The van der Waals surface area contributed by atoms with Crippen LogP contribution < -0.4 is 5.32 Å². The first-order valence-corrected chi connectivity index (χ1v) is 32.7. The highest BCUT2D eigenvalue weighted by Crippen LogP contribution is 2.45. The molecule has 0 unspecified atom stereocenters. The zero-order chi connectivity index (χ0) is 45.0. The monoisotopic (exact) mass is 882 g/mol. The van der Waals surface area contributed by atoms with Crippen molar-refractivity contribution in [2.45, 2.75) is 231 Å². The van der Waals surface area contributed by atoms with Gasteiger partial charge in [-0.25, -0.2) is 4.79 Å². The lowest BCUT2D eigenvalue weighted by Gasteiger charge is -2.47. The molecule has 3 rings (SSSR count). The molecule has 1 aliphatic rings. The van der Waals surface area contributed by atoms with Gasteiger partial charge in [-0.05, 0) is 83.1 Å². The lowest BCUT2D eigenvalue weighted by molar-refractivity contribution is -0.00561. The molecule has 0 aliphatic heterocycles. The third-order valence-electron chi connectivity index (χ3n) is 14.7. The van der Waals surface area contributed by atoms with Crippen LogP contribution in [0.2, 0.25) is 54.4 Å². The lowest BCUT2D eigenvalue weighted by atomic mass is 9.98. The highest BCUT2D eigenvalue weighted by molar-refractivity contribution is 6.75. The van der Waals surface area contributed by atoms with Crippen molar-refractivity contribution in [2.24, 2.45) is 0 Å². The average molecular weight is 883 g/mol. The van der Waals surface area contributed by atoms with Gasteiger partial charge in [-0.2, -0.15) is 0 Å². The number of rotatable bonds is 25. The van der Waals surface area contributed by atoms with Crippen molar-refractivity contribution in [1.29, 1.82) is 0 Å². The molecule has 3 atom stereocenters. The molecule has 1 amide bonds. The Morgan fingerprint density at radius 3 is 1.47 bits per heavy atom. The van der Waals surface area contributed by atoms with Crippen LogP contribution >= 0.6 is 0 Å². The first-order chi connectivity index (χ1) is 27.8. The van der Waals surface area contributed by atoms with Crippen LogP contribution in [0, 0.1) is 0 Å². The number of nitrogens with one attached hydrogen (secondary N) is 1. The second-order valence-electron chi connectivity index (χ2n) is 22.6. The molecule has 2 aromatic carbocycles. The van der Waals surface area contributed by atoms with Crippen LogP contribution in [0.3, 0.4) is 0 Å². The summed E-state index contributed by atoms with van der Waals surface area (Å²) in [4.78, 5) is 14.3. The zero-order valence-electron chi connectivity index (χ0n) is 41.6. The number of ether oxygens (including phenoxy) is 1. The van der Waals surface area contributed by atoms with Gasteiger partial charge in [-0.3, -0.25) is 0 Å². The maximum absolute atomic E-state index is 14.3. The van der Waals surface area contributed by atoms with E-state index >= 15 is 0 Å². The minimum absolute atomic E-state index is 0.00317. The Balaban J connectivity index is 1.93. The molecule has 0 saturated carbocycles. The molecule has 1 aliphatic carbocycles. The highest BCUT2D eigenvalue weighted by Gasteiger charge is 2.48. The Kier molecular flexibility index (Phi) is 19.9. The highest BCUT2D eigenvalue weighted by atomic mass is 28.4. The van der Waals surface area contributed by atoms with Crippen molar-refractivity contribution < 1.29 is 22.8 Å². The number of alkyl carbamates (subject to hydrolysis) is 1. The van der Waals surface area contributed by atoms with E-state index in [1.165, 1.54) is 92.9 Å². The topological polar surface area (TPSA) is 66.0 Å². The average Bonchev–Trinajstić information content (AvgIpc) is 3.46. The summed E-state index contributed by atoms with van der Waals surface area (Å²) in [5, 5.41) is 3.38. The van der Waals surface area contributed by atoms with E-state index in [-0.39, 0.29) is 33.7 Å². The summed E-state index contributed by atoms with van der Waals surface area (Å²) in [5.41, 5.74) is 4.84. The maximum Gasteiger partial charge on any atom is 0.407 e. The zero-order valence-corrected chi connectivity index (χ0v) is 44.6. The summed E-state index contributed by atoms with van der Waals surface area (Å²) in [6.07, 6.45) is 15.5. The van der Waals surface area contributed by atoms with Crippen LogP contribution in [0.25, 0.3) is 11.1 Å². The van der Waals surface area contributed by atoms with Gasteiger partial charge in [-0.1, -0.05) is 195 Å².